The highest BCUT2D eigenvalue weighted by Gasteiger charge is 2.27. The number of hydrogen-bond donors (Lipinski definition) is 0. The molecule has 94 valence electrons. The molecule has 0 unspecified atom stereocenters. The molecule has 4 nitrogen and oxygen atoms in total. The van der Waals surface area contributed by atoms with Crippen molar-refractivity contribution in [2.24, 2.45) is 0 Å². The minimum absolute atomic E-state index is 0.109. The molecule has 1 amide bonds. The van der Waals surface area contributed by atoms with Gasteiger partial charge in [-0.3, -0.25) is 9.78 Å². The van der Waals surface area contributed by atoms with Gasteiger partial charge in [-0.15, -0.1) is 0 Å². The smallest absolute Gasteiger partial charge is 0.273 e. The summed E-state index contributed by atoms with van der Waals surface area (Å²) in [5.41, 5.74) is 0.310. The Kier molecular flexibility index (Phi) is 4.16. The Morgan fingerprint density at radius 3 is 2.89 bits per heavy atom. The van der Waals surface area contributed by atoms with Crippen LogP contribution in [0.5, 0.6) is 0 Å². The fraction of sp³-hybridized carbons (Fsp3) is 0.462. The monoisotopic (exact) mass is 263 g/mol. The van der Waals surface area contributed by atoms with Crippen LogP contribution in [0.2, 0.25) is 5.02 Å². The standard InChI is InChI=1S/C13H14ClN3O/c14-10-5-7-16-12(9-10)13(18)17(8-6-15)11-3-1-2-4-11/h5,7,9,11H,1-4,8H2. The van der Waals surface area contributed by atoms with Crippen LogP contribution in [-0.4, -0.2) is 28.4 Å². The first-order chi connectivity index (χ1) is 8.72. The lowest BCUT2D eigenvalue weighted by molar-refractivity contribution is 0.0703. The molecule has 1 aromatic heterocycles. The summed E-state index contributed by atoms with van der Waals surface area (Å²) in [6, 6.07) is 5.39. The molecule has 5 heteroatoms. The molecule has 1 aliphatic rings. The van der Waals surface area contributed by atoms with Gasteiger partial charge < -0.3 is 4.90 Å². The third-order valence-corrected chi connectivity index (χ3v) is 3.44. The van der Waals surface area contributed by atoms with Gasteiger partial charge in [-0.2, -0.15) is 5.26 Å². The molecule has 0 bridgehead atoms. The van der Waals surface area contributed by atoms with Crippen molar-refractivity contribution in [3.8, 4) is 6.07 Å². The first-order valence-electron chi connectivity index (χ1n) is 6.02. The molecule has 0 N–H and O–H groups in total. The molecule has 0 aliphatic heterocycles. The fourth-order valence-corrected chi connectivity index (χ4v) is 2.49. The lowest BCUT2D eigenvalue weighted by atomic mass is 10.2. The lowest BCUT2D eigenvalue weighted by Crippen LogP contribution is -2.39. The van der Waals surface area contributed by atoms with E-state index in [1.165, 1.54) is 6.20 Å². The van der Waals surface area contributed by atoms with Crippen LogP contribution < -0.4 is 0 Å². The summed E-state index contributed by atoms with van der Waals surface area (Å²) < 4.78 is 0. The van der Waals surface area contributed by atoms with Crippen LogP contribution >= 0.6 is 11.6 Å². The summed E-state index contributed by atoms with van der Waals surface area (Å²) in [7, 11) is 0. The zero-order valence-corrected chi connectivity index (χ0v) is 10.7. The highest BCUT2D eigenvalue weighted by Crippen LogP contribution is 2.24. The number of halogens is 1. The van der Waals surface area contributed by atoms with Crippen molar-refractivity contribution in [3.05, 3.63) is 29.0 Å². The number of rotatable bonds is 3. The van der Waals surface area contributed by atoms with E-state index in [-0.39, 0.29) is 18.5 Å². The largest absolute Gasteiger partial charge is 0.321 e. The third-order valence-electron chi connectivity index (χ3n) is 3.21. The predicted molar refractivity (Wildman–Crippen MR) is 68.2 cm³/mol. The van der Waals surface area contributed by atoms with E-state index in [0.717, 1.165) is 25.7 Å². The van der Waals surface area contributed by atoms with Gasteiger partial charge in [-0.1, -0.05) is 24.4 Å². The average molecular weight is 264 g/mol. The van der Waals surface area contributed by atoms with Gasteiger partial charge in [0, 0.05) is 17.3 Å². The topological polar surface area (TPSA) is 57.0 Å². The maximum absolute atomic E-state index is 12.3. The van der Waals surface area contributed by atoms with Crippen molar-refractivity contribution in [3.63, 3.8) is 0 Å². The second kappa shape index (κ2) is 5.83. The van der Waals surface area contributed by atoms with Gasteiger partial charge >= 0.3 is 0 Å². The van der Waals surface area contributed by atoms with Crippen molar-refractivity contribution < 1.29 is 4.79 Å². The molecular formula is C13H14ClN3O. The van der Waals surface area contributed by atoms with Crippen molar-refractivity contribution >= 4 is 17.5 Å². The second-order valence-electron chi connectivity index (χ2n) is 4.39. The Hall–Kier alpha value is -1.60. The molecular weight excluding hydrogens is 250 g/mol. The molecule has 0 spiro atoms. The predicted octanol–water partition coefficient (Wildman–Crippen LogP) is 2.64. The number of hydrogen-bond acceptors (Lipinski definition) is 3. The Balaban J connectivity index is 2.20. The number of aromatic nitrogens is 1. The van der Waals surface area contributed by atoms with Gasteiger partial charge in [0.15, 0.2) is 0 Å². The number of carbonyl (C=O) groups excluding carboxylic acids is 1. The molecule has 0 saturated heterocycles. The molecule has 2 rings (SSSR count). The number of nitrogens with zero attached hydrogens (tertiary/aromatic N) is 3. The Morgan fingerprint density at radius 1 is 1.56 bits per heavy atom. The Morgan fingerprint density at radius 2 is 2.28 bits per heavy atom. The summed E-state index contributed by atoms with van der Waals surface area (Å²) in [4.78, 5) is 18.0. The van der Waals surface area contributed by atoms with Gasteiger partial charge in [0.1, 0.15) is 12.2 Å². The molecule has 1 saturated carbocycles. The normalized spacial score (nSPS) is 15.3. The molecule has 18 heavy (non-hydrogen) atoms. The van der Waals surface area contributed by atoms with Crippen molar-refractivity contribution in [2.75, 3.05) is 6.54 Å². The highest BCUT2D eigenvalue weighted by molar-refractivity contribution is 6.30. The summed E-state index contributed by atoms with van der Waals surface area (Å²) in [5.74, 6) is -0.203. The zero-order valence-electron chi connectivity index (χ0n) is 9.97. The van der Waals surface area contributed by atoms with E-state index in [1.54, 1.807) is 17.0 Å². The summed E-state index contributed by atoms with van der Waals surface area (Å²) in [5, 5.41) is 9.34. The summed E-state index contributed by atoms with van der Waals surface area (Å²) >= 11 is 5.85. The van der Waals surface area contributed by atoms with Gasteiger partial charge in [0.05, 0.1) is 6.07 Å². The van der Waals surface area contributed by atoms with Crippen LogP contribution in [0.15, 0.2) is 18.3 Å². The van der Waals surface area contributed by atoms with Crippen LogP contribution in [0.1, 0.15) is 36.2 Å². The SMILES string of the molecule is N#CCN(C(=O)c1cc(Cl)ccn1)C1CCCC1. The van der Waals surface area contributed by atoms with E-state index < -0.39 is 0 Å². The minimum Gasteiger partial charge on any atom is -0.321 e. The van der Waals surface area contributed by atoms with Crippen molar-refractivity contribution in [1.29, 1.82) is 5.26 Å². The maximum atomic E-state index is 12.3. The summed E-state index contributed by atoms with van der Waals surface area (Å²) in [6.07, 6.45) is 5.67. The quantitative estimate of drug-likeness (QED) is 0.788. The van der Waals surface area contributed by atoms with Crippen molar-refractivity contribution in [1.82, 2.24) is 9.88 Å². The number of amides is 1. The summed E-state index contributed by atoms with van der Waals surface area (Å²) in [6.45, 7) is 0.109. The van der Waals surface area contributed by atoms with Crippen molar-refractivity contribution in [2.45, 2.75) is 31.7 Å². The van der Waals surface area contributed by atoms with E-state index in [2.05, 4.69) is 11.1 Å². The maximum Gasteiger partial charge on any atom is 0.273 e. The highest BCUT2D eigenvalue weighted by atomic mass is 35.5. The van der Waals surface area contributed by atoms with Crippen LogP contribution in [0.25, 0.3) is 0 Å². The number of pyridine rings is 1. The van der Waals surface area contributed by atoms with E-state index in [0.29, 0.717) is 10.7 Å². The van der Waals surface area contributed by atoms with E-state index in [9.17, 15) is 4.79 Å². The van der Waals surface area contributed by atoms with Crippen LogP contribution in [0.3, 0.4) is 0 Å². The zero-order chi connectivity index (χ0) is 13.0. The van der Waals surface area contributed by atoms with E-state index in [1.807, 2.05) is 0 Å². The van der Waals surface area contributed by atoms with Gasteiger partial charge in [-0.25, -0.2) is 0 Å². The van der Waals surface area contributed by atoms with E-state index in [4.69, 9.17) is 16.9 Å². The first kappa shape index (κ1) is 12.8. The lowest BCUT2D eigenvalue weighted by Gasteiger charge is -2.26. The van der Waals surface area contributed by atoms with Crippen LogP contribution in [-0.2, 0) is 0 Å². The Bertz CT molecular complexity index is 477. The molecule has 0 aromatic carbocycles. The number of nitriles is 1. The molecule has 0 atom stereocenters. The van der Waals surface area contributed by atoms with Gasteiger partial charge in [-0.05, 0) is 25.0 Å². The fourth-order valence-electron chi connectivity index (χ4n) is 2.33. The van der Waals surface area contributed by atoms with Crippen LogP contribution in [0, 0.1) is 11.3 Å². The molecule has 1 aromatic rings. The van der Waals surface area contributed by atoms with Gasteiger partial charge in [0.25, 0.3) is 5.91 Å². The minimum atomic E-state index is -0.203. The van der Waals surface area contributed by atoms with Gasteiger partial charge in [0.2, 0.25) is 0 Å². The molecule has 1 aliphatic carbocycles. The molecule has 1 fully saturated rings. The van der Waals surface area contributed by atoms with E-state index >= 15 is 0 Å². The average Bonchev–Trinajstić information content (AvgIpc) is 2.89. The Labute approximate surface area is 111 Å². The van der Waals surface area contributed by atoms with Crippen LogP contribution in [0.4, 0.5) is 0 Å². The molecule has 1 heterocycles. The first-order valence-corrected chi connectivity index (χ1v) is 6.39. The number of carbonyl (C=O) groups is 1. The third kappa shape index (κ3) is 2.80. The molecule has 0 radical (unpaired) electrons. The second-order valence-corrected chi connectivity index (χ2v) is 4.83.